The van der Waals surface area contributed by atoms with Gasteiger partial charge in [0.15, 0.2) is 0 Å². The van der Waals surface area contributed by atoms with Crippen molar-refractivity contribution in [1.82, 2.24) is 10.6 Å². The van der Waals surface area contributed by atoms with Crippen LogP contribution in [0.4, 0.5) is 4.79 Å². The second kappa shape index (κ2) is 6.83. The number of nitrogens with one attached hydrogen (secondary N) is 2. The van der Waals surface area contributed by atoms with Crippen LogP contribution >= 0.6 is 0 Å². The number of amides is 2. The molecule has 0 aromatic heterocycles. The molecule has 4 nitrogen and oxygen atoms in total. The molecule has 21 heavy (non-hydrogen) atoms. The van der Waals surface area contributed by atoms with Crippen molar-refractivity contribution >= 4 is 6.03 Å². The van der Waals surface area contributed by atoms with Crippen LogP contribution in [0.3, 0.4) is 0 Å². The van der Waals surface area contributed by atoms with Crippen LogP contribution in [-0.4, -0.2) is 18.2 Å². The zero-order valence-electron chi connectivity index (χ0n) is 13.2. The molecule has 0 saturated heterocycles. The van der Waals surface area contributed by atoms with Crippen LogP contribution in [0.15, 0.2) is 24.3 Å². The van der Waals surface area contributed by atoms with E-state index in [0.717, 1.165) is 37.0 Å². The molecule has 0 fully saturated rings. The first kappa shape index (κ1) is 15.7. The van der Waals surface area contributed by atoms with Gasteiger partial charge in [0.05, 0.1) is 6.04 Å². The van der Waals surface area contributed by atoms with Gasteiger partial charge < -0.3 is 15.4 Å². The number of para-hydroxylation sites is 1. The average molecular weight is 290 g/mol. The fraction of sp³-hybridized carbons (Fsp3) is 0.588. The van der Waals surface area contributed by atoms with Crippen molar-refractivity contribution in [2.24, 2.45) is 0 Å². The number of hydrogen-bond acceptors (Lipinski definition) is 2. The summed E-state index contributed by atoms with van der Waals surface area (Å²) in [5, 5.41) is 5.99. The fourth-order valence-corrected chi connectivity index (χ4v) is 2.88. The molecule has 1 aliphatic heterocycles. The van der Waals surface area contributed by atoms with Gasteiger partial charge in [0.1, 0.15) is 11.4 Å². The molecule has 4 heteroatoms. The first-order valence-electron chi connectivity index (χ1n) is 7.96. The molecular formula is C17H26N2O2. The molecule has 1 unspecified atom stereocenters. The third-order valence-electron chi connectivity index (χ3n) is 4.33. The highest BCUT2D eigenvalue weighted by molar-refractivity contribution is 5.74. The highest BCUT2D eigenvalue weighted by atomic mass is 16.5. The maximum atomic E-state index is 12.0. The lowest BCUT2D eigenvalue weighted by atomic mass is 9.83. The fourth-order valence-electron chi connectivity index (χ4n) is 2.88. The molecule has 2 rings (SSSR count). The quantitative estimate of drug-likeness (QED) is 0.867. The Morgan fingerprint density at radius 2 is 2.00 bits per heavy atom. The summed E-state index contributed by atoms with van der Waals surface area (Å²) in [5.41, 5.74) is 0.888. The monoisotopic (exact) mass is 290 g/mol. The molecule has 1 aromatic carbocycles. The molecule has 1 aromatic rings. The number of fused-ring (bicyclic) bond motifs is 1. The molecule has 0 radical (unpaired) electrons. The van der Waals surface area contributed by atoms with E-state index in [-0.39, 0.29) is 17.7 Å². The van der Waals surface area contributed by atoms with E-state index >= 15 is 0 Å². The van der Waals surface area contributed by atoms with E-state index in [1.165, 1.54) is 0 Å². The molecule has 1 heterocycles. The van der Waals surface area contributed by atoms with Gasteiger partial charge in [-0.1, -0.05) is 39.0 Å². The van der Waals surface area contributed by atoms with Crippen LogP contribution in [-0.2, 0) is 0 Å². The SMILES string of the molecule is CCCNC(=O)NC1CC(CC)(CC)Oc2ccccc21. The Balaban J connectivity index is 2.20. The Hall–Kier alpha value is -1.71. The van der Waals surface area contributed by atoms with Gasteiger partial charge in [-0.05, 0) is 25.3 Å². The van der Waals surface area contributed by atoms with E-state index in [1.54, 1.807) is 0 Å². The second-order valence-corrected chi connectivity index (χ2v) is 5.69. The molecule has 0 bridgehead atoms. The van der Waals surface area contributed by atoms with Gasteiger partial charge in [-0.3, -0.25) is 0 Å². The molecule has 0 spiro atoms. The van der Waals surface area contributed by atoms with Gasteiger partial charge in [0, 0.05) is 18.5 Å². The number of carbonyl (C=O) groups excluding carboxylic acids is 1. The zero-order chi connectivity index (χ0) is 15.3. The molecule has 2 N–H and O–H groups in total. The highest BCUT2D eigenvalue weighted by Crippen LogP contribution is 2.42. The molecule has 2 amide bonds. The topological polar surface area (TPSA) is 50.4 Å². The lowest BCUT2D eigenvalue weighted by Crippen LogP contribution is -2.46. The van der Waals surface area contributed by atoms with Gasteiger partial charge in [0.25, 0.3) is 0 Å². The van der Waals surface area contributed by atoms with Crippen molar-refractivity contribution in [3.05, 3.63) is 29.8 Å². The summed E-state index contributed by atoms with van der Waals surface area (Å²) in [6, 6.07) is 7.91. The van der Waals surface area contributed by atoms with Crippen LogP contribution < -0.4 is 15.4 Å². The van der Waals surface area contributed by atoms with E-state index in [4.69, 9.17) is 4.74 Å². The maximum absolute atomic E-state index is 12.0. The van der Waals surface area contributed by atoms with Crippen molar-refractivity contribution in [3.63, 3.8) is 0 Å². The predicted molar refractivity (Wildman–Crippen MR) is 84.6 cm³/mol. The van der Waals surface area contributed by atoms with E-state index in [2.05, 4.69) is 24.5 Å². The minimum Gasteiger partial charge on any atom is -0.487 e. The largest absolute Gasteiger partial charge is 0.487 e. The second-order valence-electron chi connectivity index (χ2n) is 5.69. The zero-order valence-corrected chi connectivity index (χ0v) is 13.2. The third kappa shape index (κ3) is 3.49. The summed E-state index contributed by atoms with van der Waals surface area (Å²) < 4.78 is 6.24. The lowest BCUT2D eigenvalue weighted by molar-refractivity contribution is 0.0244. The minimum absolute atomic E-state index is 0.00621. The van der Waals surface area contributed by atoms with Gasteiger partial charge >= 0.3 is 6.03 Å². The highest BCUT2D eigenvalue weighted by Gasteiger charge is 2.38. The summed E-state index contributed by atoms with van der Waals surface area (Å²) in [7, 11) is 0. The standard InChI is InChI=1S/C17H26N2O2/c1-4-11-18-16(20)19-14-12-17(5-2,6-3)21-15-10-8-7-9-13(14)15/h7-10,14H,4-6,11-12H2,1-3H3,(H2,18,19,20). The van der Waals surface area contributed by atoms with E-state index in [1.807, 2.05) is 31.2 Å². The smallest absolute Gasteiger partial charge is 0.315 e. The number of hydrogen-bond donors (Lipinski definition) is 2. The van der Waals surface area contributed by atoms with Gasteiger partial charge in [0.2, 0.25) is 0 Å². The van der Waals surface area contributed by atoms with E-state index in [9.17, 15) is 4.79 Å². The number of benzene rings is 1. The number of rotatable bonds is 5. The number of ether oxygens (including phenoxy) is 1. The van der Waals surface area contributed by atoms with Gasteiger partial charge in [-0.25, -0.2) is 4.79 Å². The Morgan fingerprint density at radius 3 is 2.67 bits per heavy atom. The van der Waals surface area contributed by atoms with E-state index < -0.39 is 0 Å². The summed E-state index contributed by atoms with van der Waals surface area (Å²) in [6.45, 7) is 7.03. The van der Waals surface area contributed by atoms with Crippen LogP contribution in [0, 0.1) is 0 Å². The first-order chi connectivity index (χ1) is 10.1. The van der Waals surface area contributed by atoms with Gasteiger partial charge in [-0.2, -0.15) is 0 Å². The molecule has 0 aliphatic carbocycles. The molecule has 116 valence electrons. The summed E-state index contributed by atoms with van der Waals surface area (Å²) >= 11 is 0. The Morgan fingerprint density at radius 1 is 1.29 bits per heavy atom. The summed E-state index contributed by atoms with van der Waals surface area (Å²) in [5.74, 6) is 0.897. The van der Waals surface area contributed by atoms with Crippen molar-refractivity contribution in [3.8, 4) is 5.75 Å². The molecular weight excluding hydrogens is 264 g/mol. The van der Waals surface area contributed by atoms with Crippen molar-refractivity contribution in [2.75, 3.05) is 6.54 Å². The Kier molecular flexibility index (Phi) is 5.10. The molecule has 1 aliphatic rings. The van der Waals surface area contributed by atoms with Crippen LogP contribution in [0.25, 0.3) is 0 Å². The first-order valence-corrected chi connectivity index (χ1v) is 7.96. The molecule has 1 atom stereocenters. The van der Waals surface area contributed by atoms with Crippen LogP contribution in [0.1, 0.15) is 58.1 Å². The Bertz CT molecular complexity index is 483. The van der Waals surface area contributed by atoms with Gasteiger partial charge in [-0.15, -0.1) is 0 Å². The predicted octanol–water partition coefficient (Wildman–Crippen LogP) is 3.78. The minimum atomic E-state index is -0.183. The average Bonchev–Trinajstić information content (AvgIpc) is 2.52. The van der Waals surface area contributed by atoms with Crippen LogP contribution in [0.5, 0.6) is 5.75 Å². The van der Waals surface area contributed by atoms with Crippen molar-refractivity contribution in [1.29, 1.82) is 0 Å². The summed E-state index contributed by atoms with van der Waals surface area (Å²) in [6.07, 6.45) is 3.63. The van der Waals surface area contributed by atoms with Crippen LogP contribution in [0.2, 0.25) is 0 Å². The van der Waals surface area contributed by atoms with Crippen molar-refractivity contribution in [2.45, 2.75) is 58.1 Å². The normalized spacial score (nSPS) is 19.3. The Labute approximate surface area is 127 Å². The third-order valence-corrected chi connectivity index (χ3v) is 4.33. The summed E-state index contributed by atoms with van der Waals surface area (Å²) in [4.78, 5) is 12.0. The molecule has 0 saturated carbocycles. The number of urea groups is 1. The maximum Gasteiger partial charge on any atom is 0.315 e. The van der Waals surface area contributed by atoms with Crippen molar-refractivity contribution < 1.29 is 9.53 Å². The van der Waals surface area contributed by atoms with E-state index in [0.29, 0.717) is 6.54 Å². The lowest BCUT2D eigenvalue weighted by Gasteiger charge is -2.41. The number of carbonyl (C=O) groups is 1.